The van der Waals surface area contributed by atoms with Gasteiger partial charge in [0, 0.05) is 5.82 Å². The van der Waals surface area contributed by atoms with Gasteiger partial charge in [0.15, 0.2) is 0 Å². The number of hydrogen-bond acceptors (Lipinski definition) is 2. The van der Waals surface area contributed by atoms with Gasteiger partial charge >= 0.3 is 7.12 Å². The third kappa shape index (κ3) is 2.13. The van der Waals surface area contributed by atoms with Crippen LogP contribution in [0.25, 0.3) is 0 Å². The quantitative estimate of drug-likeness (QED) is 0.717. The highest BCUT2D eigenvalue weighted by Gasteiger charge is 2.54. The molecule has 1 heterocycles. The Labute approximate surface area is 116 Å². The standard InChI is InChI=1S/C16H23BO2/c1-11-6-7-12-9-14(10-13(12)8-11)17-18-15(2,3)16(4,5)19-17/h6-8,14H,9-10H2,1-5H3. The van der Waals surface area contributed by atoms with E-state index in [1.807, 2.05) is 0 Å². The Morgan fingerprint density at radius 1 is 1.00 bits per heavy atom. The Balaban J connectivity index is 1.78. The minimum absolute atomic E-state index is 0.0716. The lowest BCUT2D eigenvalue weighted by molar-refractivity contribution is 0.00578. The van der Waals surface area contributed by atoms with Crippen molar-refractivity contribution < 1.29 is 9.31 Å². The Hall–Kier alpha value is -0.795. The highest BCUT2D eigenvalue weighted by molar-refractivity contribution is 6.47. The van der Waals surface area contributed by atoms with Crippen LogP contribution < -0.4 is 0 Å². The molecule has 1 aliphatic heterocycles. The summed E-state index contributed by atoms with van der Waals surface area (Å²) >= 11 is 0. The molecular weight excluding hydrogens is 235 g/mol. The zero-order valence-corrected chi connectivity index (χ0v) is 12.6. The van der Waals surface area contributed by atoms with Crippen molar-refractivity contribution >= 4 is 7.12 Å². The van der Waals surface area contributed by atoms with Crippen molar-refractivity contribution in [2.24, 2.45) is 0 Å². The minimum atomic E-state index is -0.220. The van der Waals surface area contributed by atoms with E-state index in [9.17, 15) is 0 Å². The van der Waals surface area contributed by atoms with E-state index in [0.29, 0.717) is 5.82 Å². The molecule has 1 saturated heterocycles. The van der Waals surface area contributed by atoms with Gasteiger partial charge in [-0.15, -0.1) is 0 Å². The summed E-state index contributed by atoms with van der Waals surface area (Å²) in [6.07, 6.45) is 2.15. The highest BCUT2D eigenvalue weighted by Crippen LogP contribution is 2.44. The van der Waals surface area contributed by atoms with E-state index in [2.05, 4.69) is 52.8 Å². The molecule has 1 atom stereocenters. The zero-order chi connectivity index (χ0) is 13.8. The summed E-state index contributed by atoms with van der Waals surface area (Å²) in [4.78, 5) is 0. The maximum absolute atomic E-state index is 6.19. The lowest BCUT2D eigenvalue weighted by atomic mass is 9.70. The van der Waals surface area contributed by atoms with Crippen molar-refractivity contribution in [3.8, 4) is 0 Å². The third-order valence-corrected chi connectivity index (χ3v) is 4.98. The summed E-state index contributed by atoms with van der Waals surface area (Å²) in [7, 11) is -0.0716. The lowest BCUT2D eigenvalue weighted by Crippen LogP contribution is -2.41. The van der Waals surface area contributed by atoms with Crippen LogP contribution in [0, 0.1) is 6.92 Å². The van der Waals surface area contributed by atoms with E-state index >= 15 is 0 Å². The summed E-state index contributed by atoms with van der Waals surface area (Å²) in [5, 5.41) is 0. The molecule has 0 amide bonds. The summed E-state index contributed by atoms with van der Waals surface area (Å²) in [6.45, 7) is 10.7. The maximum Gasteiger partial charge on any atom is 0.461 e. The molecule has 0 radical (unpaired) electrons. The van der Waals surface area contributed by atoms with E-state index < -0.39 is 0 Å². The van der Waals surface area contributed by atoms with Crippen LogP contribution in [0.15, 0.2) is 18.2 Å². The number of hydrogen-bond donors (Lipinski definition) is 0. The van der Waals surface area contributed by atoms with Gasteiger partial charge in [-0.3, -0.25) is 0 Å². The summed E-state index contributed by atoms with van der Waals surface area (Å²) in [5.41, 5.74) is 3.84. The first-order chi connectivity index (χ1) is 8.78. The SMILES string of the molecule is Cc1ccc2c(c1)CC(B1OC(C)(C)C(C)(C)O1)C2. The molecule has 1 aliphatic carbocycles. The first-order valence-electron chi connectivity index (χ1n) is 7.22. The molecule has 1 fully saturated rings. The Morgan fingerprint density at radius 3 is 2.21 bits per heavy atom. The van der Waals surface area contributed by atoms with Crippen LogP contribution >= 0.6 is 0 Å². The molecule has 2 aliphatic rings. The van der Waals surface area contributed by atoms with Crippen LogP contribution in [0.3, 0.4) is 0 Å². The molecule has 19 heavy (non-hydrogen) atoms. The van der Waals surface area contributed by atoms with Gasteiger partial charge in [0.1, 0.15) is 0 Å². The monoisotopic (exact) mass is 258 g/mol. The van der Waals surface area contributed by atoms with Crippen molar-refractivity contribution in [3.63, 3.8) is 0 Å². The fraction of sp³-hybridized carbons (Fsp3) is 0.625. The number of fused-ring (bicyclic) bond motifs is 1. The van der Waals surface area contributed by atoms with Gasteiger partial charge < -0.3 is 9.31 Å². The predicted molar refractivity (Wildman–Crippen MR) is 78.4 cm³/mol. The fourth-order valence-corrected chi connectivity index (χ4v) is 3.05. The largest absolute Gasteiger partial charge is 0.461 e. The molecule has 102 valence electrons. The molecular formula is C16H23BO2. The van der Waals surface area contributed by atoms with E-state index in [1.54, 1.807) is 0 Å². The Kier molecular flexibility index (Phi) is 2.85. The van der Waals surface area contributed by atoms with Crippen molar-refractivity contribution in [1.82, 2.24) is 0 Å². The molecule has 3 rings (SSSR count). The van der Waals surface area contributed by atoms with Gasteiger partial charge in [0.2, 0.25) is 0 Å². The second kappa shape index (κ2) is 4.10. The molecule has 0 aromatic heterocycles. The van der Waals surface area contributed by atoms with Crippen molar-refractivity contribution in [1.29, 1.82) is 0 Å². The topological polar surface area (TPSA) is 18.5 Å². The molecule has 0 saturated carbocycles. The molecule has 1 aromatic rings. The second-order valence-corrected chi connectivity index (χ2v) is 7.07. The molecule has 2 nitrogen and oxygen atoms in total. The molecule has 3 heteroatoms. The molecule has 0 N–H and O–H groups in total. The first kappa shape index (κ1) is 13.2. The van der Waals surface area contributed by atoms with E-state index in [1.165, 1.54) is 16.7 Å². The van der Waals surface area contributed by atoms with Gasteiger partial charge in [0.05, 0.1) is 11.2 Å². The Bertz CT molecular complexity index is 491. The Morgan fingerprint density at radius 2 is 1.58 bits per heavy atom. The van der Waals surface area contributed by atoms with Crippen molar-refractivity contribution in [2.75, 3.05) is 0 Å². The molecule has 0 bridgehead atoms. The smallest absolute Gasteiger partial charge is 0.403 e. The van der Waals surface area contributed by atoms with Crippen LogP contribution in [-0.4, -0.2) is 18.3 Å². The van der Waals surface area contributed by atoms with Crippen LogP contribution in [0.5, 0.6) is 0 Å². The molecule has 1 aromatic carbocycles. The number of aryl methyl sites for hydroxylation is 1. The lowest BCUT2D eigenvalue weighted by Gasteiger charge is -2.32. The maximum atomic E-state index is 6.19. The number of rotatable bonds is 1. The number of benzene rings is 1. The van der Waals surface area contributed by atoms with Gasteiger partial charge in [-0.2, -0.15) is 0 Å². The van der Waals surface area contributed by atoms with Crippen LogP contribution in [0.1, 0.15) is 44.4 Å². The van der Waals surface area contributed by atoms with Gasteiger partial charge in [-0.1, -0.05) is 23.8 Å². The van der Waals surface area contributed by atoms with Crippen LogP contribution in [0.2, 0.25) is 5.82 Å². The zero-order valence-electron chi connectivity index (χ0n) is 12.6. The molecule has 0 spiro atoms. The highest BCUT2D eigenvalue weighted by atomic mass is 16.7. The van der Waals surface area contributed by atoms with Gasteiger partial charge in [-0.25, -0.2) is 0 Å². The molecule has 1 unspecified atom stereocenters. The van der Waals surface area contributed by atoms with E-state index in [4.69, 9.17) is 9.31 Å². The van der Waals surface area contributed by atoms with E-state index in [-0.39, 0.29) is 18.3 Å². The summed E-state index contributed by atoms with van der Waals surface area (Å²) in [6, 6.07) is 6.77. The normalized spacial score (nSPS) is 27.6. The minimum Gasteiger partial charge on any atom is -0.403 e. The predicted octanol–water partition coefficient (Wildman–Crippen LogP) is 3.56. The van der Waals surface area contributed by atoms with Crippen LogP contribution in [-0.2, 0) is 22.2 Å². The second-order valence-electron chi connectivity index (χ2n) is 7.07. The van der Waals surface area contributed by atoms with Gasteiger partial charge in [-0.05, 0) is 58.6 Å². The summed E-state index contributed by atoms with van der Waals surface area (Å²) in [5.74, 6) is 0.456. The van der Waals surface area contributed by atoms with Crippen molar-refractivity contribution in [3.05, 3.63) is 34.9 Å². The van der Waals surface area contributed by atoms with Gasteiger partial charge in [0.25, 0.3) is 0 Å². The first-order valence-corrected chi connectivity index (χ1v) is 7.22. The average Bonchev–Trinajstić information content (AvgIpc) is 2.78. The third-order valence-electron chi connectivity index (χ3n) is 4.98. The van der Waals surface area contributed by atoms with Crippen molar-refractivity contribution in [2.45, 2.75) is 64.5 Å². The summed E-state index contributed by atoms with van der Waals surface area (Å²) < 4.78 is 12.4. The van der Waals surface area contributed by atoms with Crippen LogP contribution in [0.4, 0.5) is 0 Å². The average molecular weight is 258 g/mol. The fourth-order valence-electron chi connectivity index (χ4n) is 3.05. The van der Waals surface area contributed by atoms with E-state index in [0.717, 1.165) is 12.8 Å².